The summed E-state index contributed by atoms with van der Waals surface area (Å²) in [7, 11) is 3.06. The van der Waals surface area contributed by atoms with Gasteiger partial charge in [-0.05, 0) is 54.4 Å². The molecule has 0 bridgehead atoms. The lowest BCUT2D eigenvalue weighted by molar-refractivity contribution is 0.0945. The van der Waals surface area contributed by atoms with Crippen molar-refractivity contribution in [3.05, 3.63) is 71.5 Å². The molecule has 4 rings (SSSR count). The zero-order valence-corrected chi connectivity index (χ0v) is 20.6. The third-order valence-corrected chi connectivity index (χ3v) is 5.84. The van der Waals surface area contributed by atoms with Crippen molar-refractivity contribution in [3.63, 3.8) is 0 Å². The number of nitrogen functional groups attached to an aromatic ring is 1. The van der Waals surface area contributed by atoms with Crippen LogP contribution in [0.4, 0.5) is 10.1 Å². The molecule has 1 heterocycles. The van der Waals surface area contributed by atoms with E-state index in [1.54, 1.807) is 42.5 Å². The second-order valence-corrected chi connectivity index (χ2v) is 8.85. The Morgan fingerprint density at radius 1 is 1.03 bits per heavy atom. The van der Waals surface area contributed by atoms with E-state index in [1.807, 2.05) is 13.8 Å². The number of halogens is 1. The Labute approximate surface area is 208 Å². The van der Waals surface area contributed by atoms with E-state index >= 15 is 0 Å². The van der Waals surface area contributed by atoms with Crippen LogP contribution in [0.5, 0.6) is 5.75 Å². The molecule has 0 unspecified atom stereocenters. The quantitative estimate of drug-likeness (QED) is 0.308. The van der Waals surface area contributed by atoms with Gasteiger partial charge in [-0.3, -0.25) is 9.59 Å². The van der Waals surface area contributed by atoms with Crippen molar-refractivity contribution >= 4 is 28.5 Å². The average molecular weight is 490 g/mol. The van der Waals surface area contributed by atoms with Gasteiger partial charge in [-0.1, -0.05) is 13.8 Å². The predicted molar refractivity (Wildman–Crippen MR) is 139 cm³/mol. The molecule has 0 saturated carbocycles. The van der Waals surface area contributed by atoms with E-state index in [4.69, 9.17) is 14.9 Å². The standard InChI is InChI=1S/C28H28FN3O4/c1-15(2)14-32-27(33)17-7-10-23(35-4)20(11-17)19-12-21-24(13-22(19)30)36-26(25(21)28(34)31-3)16-5-8-18(29)9-6-16/h5-13,15H,14,30H2,1-4H3,(H,31,34)(H,32,33). The summed E-state index contributed by atoms with van der Waals surface area (Å²) < 4.78 is 25.1. The number of nitrogens with two attached hydrogens (primary N) is 1. The van der Waals surface area contributed by atoms with Gasteiger partial charge in [-0.15, -0.1) is 0 Å². The van der Waals surface area contributed by atoms with Crippen molar-refractivity contribution in [3.8, 4) is 28.2 Å². The van der Waals surface area contributed by atoms with E-state index < -0.39 is 5.82 Å². The lowest BCUT2D eigenvalue weighted by Gasteiger charge is -2.14. The minimum absolute atomic E-state index is 0.208. The van der Waals surface area contributed by atoms with Gasteiger partial charge < -0.3 is 25.5 Å². The highest BCUT2D eigenvalue weighted by atomic mass is 19.1. The lowest BCUT2D eigenvalue weighted by Crippen LogP contribution is -2.27. The molecule has 0 saturated heterocycles. The minimum Gasteiger partial charge on any atom is -0.496 e. The number of fused-ring (bicyclic) bond motifs is 1. The number of anilines is 1. The van der Waals surface area contributed by atoms with Crippen LogP contribution in [0.2, 0.25) is 0 Å². The van der Waals surface area contributed by atoms with Gasteiger partial charge in [0.05, 0.1) is 12.7 Å². The number of carbonyl (C=O) groups excluding carboxylic acids is 2. The van der Waals surface area contributed by atoms with E-state index in [9.17, 15) is 14.0 Å². The van der Waals surface area contributed by atoms with Crippen LogP contribution < -0.4 is 21.1 Å². The fraction of sp³-hybridized carbons (Fsp3) is 0.214. The van der Waals surface area contributed by atoms with Crippen molar-refractivity contribution in [2.24, 2.45) is 5.92 Å². The number of carbonyl (C=O) groups is 2. The molecule has 0 aliphatic heterocycles. The van der Waals surface area contributed by atoms with Gasteiger partial charge in [0.2, 0.25) is 0 Å². The van der Waals surface area contributed by atoms with Gasteiger partial charge in [-0.25, -0.2) is 4.39 Å². The number of furan rings is 1. The molecule has 36 heavy (non-hydrogen) atoms. The van der Waals surface area contributed by atoms with Crippen LogP contribution in [0, 0.1) is 11.7 Å². The van der Waals surface area contributed by atoms with Crippen LogP contribution in [-0.4, -0.2) is 32.5 Å². The van der Waals surface area contributed by atoms with Crippen LogP contribution >= 0.6 is 0 Å². The molecule has 0 spiro atoms. The molecule has 1 aromatic heterocycles. The van der Waals surface area contributed by atoms with Gasteiger partial charge in [0.15, 0.2) is 0 Å². The zero-order valence-electron chi connectivity index (χ0n) is 20.6. The number of hydrogen-bond donors (Lipinski definition) is 3. The summed E-state index contributed by atoms with van der Waals surface area (Å²) in [6.07, 6.45) is 0. The molecule has 2 amide bonds. The molecule has 4 N–H and O–H groups in total. The van der Waals surface area contributed by atoms with E-state index in [1.165, 1.54) is 26.3 Å². The van der Waals surface area contributed by atoms with Crippen molar-refractivity contribution in [2.45, 2.75) is 13.8 Å². The summed E-state index contributed by atoms with van der Waals surface area (Å²) in [5.41, 5.74) is 9.68. The van der Waals surface area contributed by atoms with Gasteiger partial charge in [0.25, 0.3) is 11.8 Å². The molecule has 8 heteroatoms. The maximum Gasteiger partial charge on any atom is 0.255 e. The molecule has 4 aromatic rings. The van der Waals surface area contributed by atoms with Crippen molar-refractivity contribution in [1.29, 1.82) is 0 Å². The van der Waals surface area contributed by atoms with Crippen molar-refractivity contribution in [2.75, 3.05) is 26.4 Å². The number of methoxy groups -OCH3 is 1. The molecule has 0 aliphatic rings. The van der Waals surface area contributed by atoms with E-state index in [0.29, 0.717) is 68.4 Å². The molecule has 0 radical (unpaired) electrons. The summed E-state index contributed by atoms with van der Waals surface area (Å²) in [4.78, 5) is 25.6. The predicted octanol–water partition coefficient (Wildman–Crippen LogP) is 5.24. The molecule has 7 nitrogen and oxygen atoms in total. The fourth-order valence-corrected chi connectivity index (χ4v) is 4.01. The van der Waals surface area contributed by atoms with Gasteiger partial charge in [0.1, 0.15) is 22.9 Å². The third kappa shape index (κ3) is 4.75. The number of amides is 2. The normalized spacial score (nSPS) is 11.1. The summed E-state index contributed by atoms with van der Waals surface area (Å²) in [6.45, 7) is 4.58. The Morgan fingerprint density at radius 3 is 2.39 bits per heavy atom. The second-order valence-electron chi connectivity index (χ2n) is 8.85. The Balaban J connectivity index is 1.90. The van der Waals surface area contributed by atoms with Crippen LogP contribution in [0.15, 0.2) is 59.0 Å². The summed E-state index contributed by atoms with van der Waals surface area (Å²) in [5, 5.41) is 6.08. The molecular formula is C28H28FN3O4. The van der Waals surface area contributed by atoms with Crippen LogP contribution in [0.3, 0.4) is 0 Å². The first-order chi connectivity index (χ1) is 17.2. The maximum atomic E-state index is 13.5. The molecular weight excluding hydrogens is 461 g/mol. The van der Waals surface area contributed by atoms with Crippen LogP contribution in [0.1, 0.15) is 34.6 Å². The first kappa shape index (κ1) is 24.8. The SMILES string of the molecule is CNC(=O)c1c(-c2ccc(F)cc2)oc2cc(N)c(-c3cc(C(=O)NCC(C)C)ccc3OC)cc12. The Hall–Kier alpha value is -4.33. The van der Waals surface area contributed by atoms with E-state index in [0.717, 1.165) is 0 Å². The van der Waals surface area contributed by atoms with Gasteiger partial charge in [-0.2, -0.15) is 0 Å². The number of benzene rings is 3. The molecule has 3 aromatic carbocycles. The first-order valence-electron chi connectivity index (χ1n) is 11.5. The summed E-state index contributed by atoms with van der Waals surface area (Å²) >= 11 is 0. The van der Waals surface area contributed by atoms with Crippen molar-refractivity contribution < 1.29 is 23.1 Å². The maximum absolute atomic E-state index is 13.5. The van der Waals surface area contributed by atoms with E-state index in [-0.39, 0.29) is 11.8 Å². The number of nitrogens with one attached hydrogen (secondary N) is 2. The highest BCUT2D eigenvalue weighted by Crippen LogP contribution is 2.41. The number of hydrogen-bond acceptors (Lipinski definition) is 5. The Kier molecular flexibility index (Phi) is 6.96. The fourth-order valence-electron chi connectivity index (χ4n) is 4.01. The van der Waals surface area contributed by atoms with Gasteiger partial charge >= 0.3 is 0 Å². The summed E-state index contributed by atoms with van der Waals surface area (Å²) in [6, 6.07) is 14.2. The molecule has 186 valence electrons. The van der Waals surface area contributed by atoms with Crippen LogP contribution in [0.25, 0.3) is 33.4 Å². The number of ether oxygens (including phenoxy) is 1. The highest BCUT2D eigenvalue weighted by Gasteiger charge is 2.24. The van der Waals surface area contributed by atoms with E-state index in [2.05, 4.69) is 10.6 Å². The van der Waals surface area contributed by atoms with Crippen LogP contribution in [-0.2, 0) is 0 Å². The minimum atomic E-state index is -0.396. The highest BCUT2D eigenvalue weighted by molar-refractivity contribution is 6.13. The molecule has 0 fully saturated rings. The number of rotatable bonds is 7. The zero-order chi connectivity index (χ0) is 26.0. The Morgan fingerprint density at radius 2 is 1.75 bits per heavy atom. The smallest absolute Gasteiger partial charge is 0.255 e. The van der Waals surface area contributed by atoms with Gasteiger partial charge in [0, 0.05) is 53.0 Å². The average Bonchev–Trinajstić information content (AvgIpc) is 3.24. The largest absolute Gasteiger partial charge is 0.496 e. The third-order valence-electron chi connectivity index (χ3n) is 5.84. The first-order valence-corrected chi connectivity index (χ1v) is 11.5. The van der Waals surface area contributed by atoms with Crippen molar-refractivity contribution in [1.82, 2.24) is 10.6 Å². The second kappa shape index (κ2) is 10.1. The summed E-state index contributed by atoms with van der Waals surface area (Å²) in [5.74, 6) is 0.161. The lowest BCUT2D eigenvalue weighted by atomic mass is 9.96. The topological polar surface area (TPSA) is 107 Å². The molecule has 0 aliphatic carbocycles. The monoisotopic (exact) mass is 489 g/mol. The Bertz CT molecular complexity index is 1440. The molecule has 0 atom stereocenters.